The third-order valence-electron chi connectivity index (χ3n) is 2.56. The van der Waals surface area contributed by atoms with E-state index in [1.807, 2.05) is 0 Å². The molecule has 1 nitrogen and oxygen atoms in total. The van der Waals surface area contributed by atoms with Crippen LogP contribution in [0.2, 0.25) is 0 Å². The Bertz CT molecular complexity index is 57.0. The van der Waals surface area contributed by atoms with Crippen molar-refractivity contribution in [2.75, 3.05) is 7.05 Å². The number of rotatable bonds is 4. The molecule has 0 aromatic carbocycles. The molecule has 0 aromatic heterocycles. The van der Waals surface area contributed by atoms with Gasteiger partial charge in [-0.05, 0) is 26.3 Å². The summed E-state index contributed by atoms with van der Waals surface area (Å²) < 4.78 is 0. The van der Waals surface area contributed by atoms with E-state index in [0.29, 0.717) is 5.54 Å². The molecule has 0 heterocycles. The van der Waals surface area contributed by atoms with Crippen molar-refractivity contribution in [1.82, 2.24) is 5.32 Å². The van der Waals surface area contributed by atoms with Crippen LogP contribution < -0.4 is 17.7 Å². The van der Waals surface area contributed by atoms with Crippen LogP contribution in [0.5, 0.6) is 0 Å². The third-order valence-corrected chi connectivity index (χ3v) is 2.56. The van der Waals surface area contributed by atoms with Crippen LogP contribution in [0, 0.1) is 0 Å². The van der Waals surface area contributed by atoms with Crippen LogP contribution in [-0.4, -0.2) is 12.6 Å². The highest BCUT2D eigenvalue weighted by atomic mass is 35.5. The van der Waals surface area contributed by atoms with Crippen molar-refractivity contribution >= 4 is 0 Å². The van der Waals surface area contributed by atoms with E-state index in [4.69, 9.17) is 0 Å². The van der Waals surface area contributed by atoms with Crippen molar-refractivity contribution in [3.8, 4) is 0 Å². The normalized spacial score (nSPS) is 10.8. The SMILES string of the molecule is CCC(CC)(CC)NC.[Cl-].[H+]. The van der Waals surface area contributed by atoms with Crippen molar-refractivity contribution in [3.63, 3.8) is 0 Å². The molecule has 0 bridgehead atoms. The highest BCUT2D eigenvalue weighted by molar-refractivity contribution is 4.81. The molecular formula is C8H20ClN. The Morgan fingerprint density at radius 1 is 1.10 bits per heavy atom. The monoisotopic (exact) mass is 165 g/mol. The first kappa shape index (κ1) is 12.9. The first-order chi connectivity index (χ1) is 4.24. The summed E-state index contributed by atoms with van der Waals surface area (Å²) in [7, 11) is 2.05. The third kappa shape index (κ3) is 2.89. The van der Waals surface area contributed by atoms with Gasteiger partial charge < -0.3 is 17.7 Å². The molecule has 0 atom stereocenters. The van der Waals surface area contributed by atoms with Gasteiger partial charge in [-0.15, -0.1) is 0 Å². The molecule has 2 heteroatoms. The maximum atomic E-state index is 3.36. The van der Waals surface area contributed by atoms with Gasteiger partial charge in [0.1, 0.15) is 0 Å². The van der Waals surface area contributed by atoms with Gasteiger partial charge in [0.25, 0.3) is 0 Å². The molecule has 0 aliphatic heterocycles. The first-order valence-corrected chi connectivity index (χ1v) is 3.93. The highest BCUT2D eigenvalue weighted by Crippen LogP contribution is 2.17. The number of hydrogen-bond donors (Lipinski definition) is 1. The number of hydrogen-bond acceptors (Lipinski definition) is 1. The lowest BCUT2D eigenvalue weighted by Crippen LogP contribution is -3.00. The van der Waals surface area contributed by atoms with E-state index in [0.717, 1.165) is 0 Å². The minimum Gasteiger partial charge on any atom is -1.00 e. The predicted molar refractivity (Wildman–Crippen MR) is 43.8 cm³/mol. The fraction of sp³-hybridized carbons (Fsp3) is 1.00. The van der Waals surface area contributed by atoms with Gasteiger partial charge in [0.05, 0.1) is 0 Å². The summed E-state index contributed by atoms with van der Waals surface area (Å²) in [5.74, 6) is 0. The van der Waals surface area contributed by atoms with Gasteiger partial charge in [-0.2, -0.15) is 0 Å². The molecule has 0 saturated carbocycles. The smallest absolute Gasteiger partial charge is 1.00 e. The van der Waals surface area contributed by atoms with E-state index in [-0.39, 0.29) is 13.8 Å². The molecule has 64 valence electrons. The van der Waals surface area contributed by atoms with E-state index in [1.54, 1.807) is 0 Å². The van der Waals surface area contributed by atoms with Crippen LogP contribution in [0.15, 0.2) is 0 Å². The summed E-state index contributed by atoms with van der Waals surface area (Å²) in [4.78, 5) is 0. The average molecular weight is 166 g/mol. The van der Waals surface area contributed by atoms with Crippen molar-refractivity contribution in [3.05, 3.63) is 0 Å². The molecule has 0 amide bonds. The van der Waals surface area contributed by atoms with Gasteiger partial charge in [-0.1, -0.05) is 20.8 Å². The molecule has 0 radical (unpaired) electrons. The van der Waals surface area contributed by atoms with Crippen molar-refractivity contribution in [2.45, 2.75) is 45.6 Å². The fourth-order valence-corrected chi connectivity index (χ4v) is 1.28. The standard InChI is InChI=1S/C8H19N.ClH/c1-5-8(6-2,7-3)9-4;/h9H,5-7H2,1-4H3;1H. The molecule has 1 N–H and O–H groups in total. The second-order valence-electron chi connectivity index (χ2n) is 2.59. The van der Waals surface area contributed by atoms with Crippen LogP contribution in [0.25, 0.3) is 0 Å². The Labute approximate surface area is 72.5 Å². The van der Waals surface area contributed by atoms with E-state index in [2.05, 4.69) is 33.1 Å². The maximum absolute atomic E-state index is 3.36. The topological polar surface area (TPSA) is 12.0 Å². The van der Waals surface area contributed by atoms with E-state index >= 15 is 0 Å². The minimum atomic E-state index is 0. The molecule has 0 aliphatic rings. The van der Waals surface area contributed by atoms with E-state index < -0.39 is 0 Å². The molecule has 0 rings (SSSR count). The second kappa shape index (κ2) is 5.99. The highest BCUT2D eigenvalue weighted by Gasteiger charge is 2.19. The fourth-order valence-electron chi connectivity index (χ4n) is 1.28. The lowest BCUT2D eigenvalue weighted by Gasteiger charge is -2.29. The molecule has 0 saturated heterocycles. The lowest BCUT2D eigenvalue weighted by molar-refractivity contribution is -0.00000235. The molecule has 0 spiro atoms. The molecule has 10 heavy (non-hydrogen) atoms. The Morgan fingerprint density at radius 3 is 1.40 bits per heavy atom. The Morgan fingerprint density at radius 2 is 1.40 bits per heavy atom. The summed E-state index contributed by atoms with van der Waals surface area (Å²) >= 11 is 0. The van der Waals surface area contributed by atoms with Gasteiger partial charge in [0.2, 0.25) is 0 Å². The zero-order valence-corrected chi connectivity index (χ0v) is 8.26. The van der Waals surface area contributed by atoms with Crippen LogP contribution in [-0.2, 0) is 0 Å². The number of nitrogens with one attached hydrogen (secondary N) is 1. The summed E-state index contributed by atoms with van der Waals surface area (Å²) in [6, 6.07) is 0. The first-order valence-electron chi connectivity index (χ1n) is 3.93. The Kier molecular flexibility index (Phi) is 7.72. The Balaban J connectivity index is -0.000000320. The largest absolute Gasteiger partial charge is 1.00 e. The molecule has 0 aromatic rings. The van der Waals surface area contributed by atoms with Crippen molar-refractivity contribution in [1.29, 1.82) is 0 Å². The van der Waals surface area contributed by atoms with Gasteiger partial charge in [-0.3, -0.25) is 0 Å². The number of halogens is 1. The van der Waals surface area contributed by atoms with Crippen LogP contribution in [0.4, 0.5) is 0 Å². The molecular weight excluding hydrogens is 146 g/mol. The second-order valence-corrected chi connectivity index (χ2v) is 2.59. The summed E-state index contributed by atoms with van der Waals surface area (Å²) in [6.45, 7) is 6.72. The summed E-state index contributed by atoms with van der Waals surface area (Å²) in [5.41, 5.74) is 0.417. The van der Waals surface area contributed by atoms with Gasteiger partial charge in [-0.25, -0.2) is 0 Å². The summed E-state index contributed by atoms with van der Waals surface area (Å²) in [6.07, 6.45) is 3.70. The van der Waals surface area contributed by atoms with Crippen LogP contribution in [0.3, 0.4) is 0 Å². The van der Waals surface area contributed by atoms with Gasteiger partial charge in [0, 0.05) is 5.54 Å². The molecule has 0 fully saturated rings. The maximum Gasteiger partial charge on any atom is 1.00 e. The predicted octanol–water partition coefficient (Wildman–Crippen LogP) is -0.709. The van der Waals surface area contributed by atoms with Gasteiger partial charge >= 0.3 is 1.43 Å². The average Bonchev–Trinajstić information content (AvgIpc) is 1.95. The van der Waals surface area contributed by atoms with E-state index in [1.165, 1.54) is 19.3 Å². The van der Waals surface area contributed by atoms with Crippen molar-refractivity contribution < 1.29 is 13.8 Å². The van der Waals surface area contributed by atoms with Crippen LogP contribution >= 0.6 is 0 Å². The van der Waals surface area contributed by atoms with Crippen molar-refractivity contribution in [2.24, 2.45) is 0 Å². The molecule has 0 unspecified atom stereocenters. The van der Waals surface area contributed by atoms with Gasteiger partial charge in [0.15, 0.2) is 0 Å². The van der Waals surface area contributed by atoms with Crippen LogP contribution in [0.1, 0.15) is 41.5 Å². The molecule has 0 aliphatic carbocycles. The zero-order chi connectivity index (χ0) is 7.33. The lowest BCUT2D eigenvalue weighted by atomic mass is 9.90. The zero-order valence-electron chi connectivity index (χ0n) is 8.50. The van der Waals surface area contributed by atoms with E-state index in [9.17, 15) is 0 Å². The summed E-state index contributed by atoms with van der Waals surface area (Å²) in [5, 5.41) is 3.36. The Hall–Kier alpha value is 0.250. The quantitative estimate of drug-likeness (QED) is 0.581. The minimum absolute atomic E-state index is 0.